The molecule has 2 aliphatic heterocycles. The third-order valence-electron chi connectivity index (χ3n) is 3.29. The van der Waals surface area contributed by atoms with Gasteiger partial charge in [0.2, 0.25) is 0 Å². The molecule has 0 bridgehead atoms. The maximum Gasteiger partial charge on any atom is 0.0681 e. The Balaban J connectivity index is 2.22. The predicted octanol–water partition coefficient (Wildman–Crippen LogP) is 2.92. The van der Waals surface area contributed by atoms with Crippen LogP contribution in [0.4, 0.5) is 17.1 Å². The molecule has 2 aliphatic rings. The van der Waals surface area contributed by atoms with Crippen molar-refractivity contribution in [1.82, 2.24) is 0 Å². The van der Waals surface area contributed by atoms with Crippen LogP contribution in [0.3, 0.4) is 0 Å². The zero-order valence-electron chi connectivity index (χ0n) is 10.1. The molecule has 4 N–H and O–H groups in total. The van der Waals surface area contributed by atoms with E-state index in [0.29, 0.717) is 12.1 Å². The van der Waals surface area contributed by atoms with E-state index in [-0.39, 0.29) is 0 Å². The van der Waals surface area contributed by atoms with Crippen molar-refractivity contribution in [3.8, 4) is 0 Å². The highest BCUT2D eigenvalue weighted by atomic mass is 15.0. The number of nitrogens with one attached hydrogen (secondary N) is 2. The van der Waals surface area contributed by atoms with E-state index in [2.05, 4.69) is 48.8 Å². The van der Waals surface area contributed by atoms with Crippen molar-refractivity contribution in [1.29, 1.82) is 0 Å². The van der Waals surface area contributed by atoms with Crippen molar-refractivity contribution in [2.75, 3.05) is 16.4 Å². The molecule has 0 fully saturated rings. The van der Waals surface area contributed by atoms with E-state index in [4.69, 9.17) is 5.73 Å². The quantitative estimate of drug-likeness (QED) is 0.597. The van der Waals surface area contributed by atoms with Crippen molar-refractivity contribution in [3.05, 3.63) is 29.3 Å². The van der Waals surface area contributed by atoms with E-state index >= 15 is 0 Å². The zero-order chi connectivity index (χ0) is 12.0. The Bertz CT molecular complexity index is 529. The van der Waals surface area contributed by atoms with Gasteiger partial charge in [0.15, 0.2) is 0 Å². The number of anilines is 3. The molecule has 0 aromatic heterocycles. The summed E-state index contributed by atoms with van der Waals surface area (Å²) in [6, 6.07) is 2.74. The highest BCUT2D eigenvalue weighted by Gasteiger charge is 2.20. The Hall–Kier alpha value is -1.90. The lowest BCUT2D eigenvalue weighted by Gasteiger charge is -2.28. The van der Waals surface area contributed by atoms with Crippen LogP contribution >= 0.6 is 0 Å². The van der Waals surface area contributed by atoms with Gasteiger partial charge in [-0.05, 0) is 19.9 Å². The summed E-state index contributed by atoms with van der Waals surface area (Å²) >= 11 is 0. The van der Waals surface area contributed by atoms with Gasteiger partial charge >= 0.3 is 0 Å². The largest absolute Gasteiger partial charge is 0.398 e. The second-order valence-corrected chi connectivity index (χ2v) is 4.80. The Morgan fingerprint density at radius 3 is 2.41 bits per heavy atom. The maximum atomic E-state index is 6.09. The predicted molar refractivity (Wildman–Crippen MR) is 75.1 cm³/mol. The first-order valence-electron chi connectivity index (χ1n) is 6.01. The number of hydrogen-bond acceptors (Lipinski definition) is 3. The molecular weight excluding hydrogens is 210 g/mol. The van der Waals surface area contributed by atoms with E-state index in [0.717, 1.165) is 22.5 Å². The third-order valence-corrected chi connectivity index (χ3v) is 3.29. The molecule has 2 atom stereocenters. The summed E-state index contributed by atoms with van der Waals surface area (Å²) < 4.78 is 0. The van der Waals surface area contributed by atoms with E-state index in [1.807, 2.05) is 6.07 Å². The summed E-state index contributed by atoms with van der Waals surface area (Å²) in [6.07, 6.45) is 8.53. The molecule has 88 valence electrons. The average Bonchev–Trinajstić information content (AvgIpc) is 2.30. The Kier molecular flexibility index (Phi) is 2.15. The van der Waals surface area contributed by atoms with Crippen LogP contribution in [0.15, 0.2) is 18.2 Å². The number of fused-ring (bicyclic) bond motifs is 3. The van der Waals surface area contributed by atoms with E-state index < -0.39 is 0 Å². The first-order chi connectivity index (χ1) is 8.15. The fourth-order valence-corrected chi connectivity index (χ4v) is 2.40. The summed E-state index contributed by atoms with van der Waals surface area (Å²) in [7, 11) is 0. The molecule has 17 heavy (non-hydrogen) atoms. The van der Waals surface area contributed by atoms with Crippen LogP contribution < -0.4 is 16.4 Å². The number of nitrogen functional groups attached to an aromatic ring is 1. The number of nitrogens with two attached hydrogens (primary N) is 1. The van der Waals surface area contributed by atoms with Gasteiger partial charge in [-0.25, -0.2) is 0 Å². The SMILES string of the molecule is CC1C=Cc2cc(N)c3c(c2N1)NC(C)C=C3. The molecule has 0 saturated carbocycles. The topological polar surface area (TPSA) is 50.1 Å². The summed E-state index contributed by atoms with van der Waals surface area (Å²) in [5.74, 6) is 0. The molecule has 0 aliphatic carbocycles. The molecule has 3 nitrogen and oxygen atoms in total. The molecule has 2 heterocycles. The summed E-state index contributed by atoms with van der Waals surface area (Å²) in [5, 5.41) is 6.98. The van der Waals surface area contributed by atoms with Gasteiger partial charge in [-0.15, -0.1) is 0 Å². The molecule has 1 aromatic carbocycles. The second-order valence-electron chi connectivity index (χ2n) is 4.80. The molecule has 3 rings (SSSR count). The van der Waals surface area contributed by atoms with Crippen LogP contribution in [-0.4, -0.2) is 12.1 Å². The van der Waals surface area contributed by atoms with E-state index in [9.17, 15) is 0 Å². The summed E-state index contributed by atoms with van der Waals surface area (Å²) in [5.41, 5.74) is 11.5. The Morgan fingerprint density at radius 2 is 1.65 bits per heavy atom. The third kappa shape index (κ3) is 1.58. The lowest BCUT2D eigenvalue weighted by molar-refractivity contribution is 0.969. The Morgan fingerprint density at radius 1 is 1.00 bits per heavy atom. The van der Waals surface area contributed by atoms with Gasteiger partial charge in [-0.1, -0.05) is 24.3 Å². The van der Waals surface area contributed by atoms with Crippen LogP contribution in [0.2, 0.25) is 0 Å². The van der Waals surface area contributed by atoms with Crippen LogP contribution in [0.25, 0.3) is 12.2 Å². The molecule has 2 unspecified atom stereocenters. The van der Waals surface area contributed by atoms with Gasteiger partial charge in [0, 0.05) is 28.9 Å². The van der Waals surface area contributed by atoms with Gasteiger partial charge in [0.25, 0.3) is 0 Å². The minimum absolute atomic E-state index is 0.344. The van der Waals surface area contributed by atoms with Crippen molar-refractivity contribution < 1.29 is 0 Å². The van der Waals surface area contributed by atoms with Crippen molar-refractivity contribution >= 4 is 29.2 Å². The number of hydrogen-bond donors (Lipinski definition) is 3. The first-order valence-corrected chi connectivity index (χ1v) is 6.01. The maximum absolute atomic E-state index is 6.09. The van der Waals surface area contributed by atoms with E-state index in [1.165, 1.54) is 5.69 Å². The van der Waals surface area contributed by atoms with E-state index in [1.54, 1.807) is 0 Å². The van der Waals surface area contributed by atoms with Gasteiger partial charge < -0.3 is 16.4 Å². The second kappa shape index (κ2) is 3.55. The molecular formula is C14H17N3. The van der Waals surface area contributed by atoms with Gasteiger partial charge in [-0.3, -0.25) is 0 Å². The van der Waals surface area contributed by atoms with Crippen molar-refractivity contribution in [3.63, 3.8) is 0 Å². The molecule has 0 amide bonds. The normalized spacial score (nSPS) is 24.6. The minimum Gasteiger partial charge on any atom is -0.398 e. The fraction of sp³-hybridized carbons (Fsp3) is 0.286. The summed E-state index contributed by atoms with van der Waals surface area (Å²) in [4.78, 5) is 0. The smallest absolute Gasteiger partial charge is 0.0681 e. The highest BCUT2D eigenvalue weighted by Crippen LogP contribution is 2.40. The number of benzene rings is 1. The average molecular weight is 227 g/mol. The molecule has 0 radical (unpaired) electrons. The fourth-order valence-electron chi connectivity index (χ4n) is 2.40. The van der Waals surface area contributed by atoms with Crippen LogP contribution in [0, 0.1) is 0 Å². The van der Waals surface area contributed by atoms with Gasteiger partial charge in [-0.2, -0.15) is 0 Å². The molecule has 1 aromatic rings. The lowest BCUT2D eigenvalue weighted by atomic mass is 9.96. The van der Waals surface area contributed by atoms with Gasteiger partial charge in [0.1, 0.15) is 0 Å². The molecule has 0 saturated heterocycles. The van der Waals surface area contributed by atoms with Crippen LogP contribution in [0.5, 0.6) is 0 Å². The highest BCUT2D eigenvalue weighted by molar-refractivity contribution is 5.94. The van der Waals surface area contributed by atoms with Crippen molar-refractivity contribution in [2.24, 2.45) is 0 Å². The van der Waals surface area contributed by atoms with Crippen LogP contribution in [0.1, 0.15) is 25.0 Å². The van der Waals surface area contributed by atoms with Crippen molar-refractivity contribution in [2.45, 2.75) is 25.9 Å². The zero-order valence-corrected chi connectivity index (χ0v) is 10.1. The monoisotopic (exact) mass is 227 g/mol. The first kappa shape index (κ1) is 10.3. The standard InChI is InChI=1S/C14H17N3/c1-8-3-5-10-7-12(15)11-6-4-9(2)17-14(11)13(10)16-8/h3-9,16-17H,15H2,1-2H3. The summed E-state index contributed by atoms with van der Waals surface area (Å²) in [6.45, 7) is 4.28. The number of rotatable bonds is 0. The Labute approximate surface area is 101 Å². The van der Waals surface area contributed by atoms with Gasteiger partial charge in [0.05, 0.1) is 11.4 Å². The molecule has 3 heteroatoms. The lowest BCUT2D eigenvalue weighted by Crippen LogP contribution is -2.22. The molecule has 0 spiro atoms. The van der Waals surface area contributed by atoms with Crippen LogP contribution in [-0.2, 0) is 0 Å². The minimum atomic E-state index is 0.344.